The van der Waals surface area contributed by atoms with E-state index in [1.54, 1.807) is 13.8 Å². The standard InChI is InChI=1S/C5H6ClN3O2S/c1-3-4(2)8-9-5(7-3)12(6,10)11/h1-2H3. The van der Waals surface area contributed by atoms with Crippen LogP contribution in [0.25, 0.3) is 0 Å². The fraction of sp³-hybridized carbons (Fsp3) is 0.400. The molecule has 0 aliphatic heterocycles. The molecule has 0 spiro atoms. The molecule has 0 saturated heterocycles. The molecule has 5 nitrogen and oxygen atoms in total. The van der Waals surface area contributed by atoms with Gasteiger partial charge in [0.25, 0.3) is 14.2 Å². The highest BCUT2D eigenvalue weighted by atomic mass is 35.7. The van der Waals surface area contributed by atoms with Crippen LogP contribution in [0.4, 0.5) is 0 Å². The zero-order valence-corrected chi connectivity index (χ0v) is 8.02. The lowest BCUT2D eigenvalue weighted by molar-refractivity contribution is 0.595. The van der Waals surface area contributed by atoms with Crippen LogP contribution in [0.2, 0.25) is 0 Å². The van der Waals surface area contributed by atoms with E-state index in [9.17, 15) is 8.42 Å². The molecule has 1 rings (SSSR count). The van der Waals surface area contributed by atoms with Gasteiger partial charge in [-0.05, 0) is 13.8 Å². The quantitative estimate of drug-likeness (QED) is 0.624. The molecule has 0 unspecified atom stereocenters. The number of aryl methyl sites for hydroxylation is 2. The van der Waals surface area contributed by atoms with Crippen molar-refractivity contribution in [2.75, 3.05) is 0 Å². The van der Waals surface area contributed by atoms with Gasteiger partial charge in [0.15, 0.2) is 0 Å². The Morgan fingerprint density at radius 2 is 1.75 bits per heavy atom. The maximum atomic E-state index is 10.7. The van der Waals surface area contributed by atoms with Gasteiger partial charge in [0.2, 0.25) is 0 Å². The average molecular weight is 208 g/mol. The van der Waals surface area contributed by atoms with Gasteiger partial charge in [-0.25, -0.2) is 13.4 Å². The molecule has 0 saturated carbocycles. The number of nitrogens with zero attached hydrogens (tertiary/aromatic N) is 3. The van der Waals surface area contributed by atoms with Crippen molar-refractivity contribution in [1.29, 1.82) is 0 Å². The van der Waals surface area contributed by atoms with E-state index in [-0.39, 0.29) is 0 Å². The Morgan fingerprint density at radius 1 is 1.17 bits per heavy atom. The zero-order valence-electron chi connectivity index (χ0n) is 6.44. The van der Waals surface area contributed by atoms with Crippen LogP contribution in [0.5, 0.6) is 0 Å². The molecule has 7 heteroatoms. The monoisotopic (exact) mass is 207 g/mol. The number of halogens is 1. The summed E-state index contributed by atoms with van der Waals surface area (Å²) in [5.41, 5.74) is 1.09. The second kappa shape index (κ2) is 2.95. The van der Waals surface area contributed by atoms with Crippen LogP contribution in [0.15, 0.2) is 5.16 Å². The van der Waals surface area contributed by atoms with Crippen LogP contribution >= 0.6 is 10.7 Å². The molecule has 0 atom stereocenters. The molecule has 1 aromatic rings. The van der Waals surface area contributed by atoms with Crippen molar-refractivity contribution in [1.82, 2.24) is 15.2 Å². The van der Waals surface area contributed by atoms with Crippen molar-refractivity contribution in [3.63, 3.8) is 0 Å². The van der Waals surface area contributed by atoms with E-state index in [1.807, 2.05) is 0 Å². The Bertz CT molecular complexity index is 403. The van der Waals surface area contributed by atoms with Crippen molar-refractivity contribution < 1.29 is 8.42 Å². The van der Waals surface area contributed by atoms with Gasteiger partial charge in [0.05, 0.1) is 11.4 Å². The molecule has 0 fully saturated rings. The van der Waals surface area contributed by atoms with E-state index < -0.39 is 14.2 Å². The van der Waals surface area contributed by atoms with Crippen LogP contribution in [0.3, 0.4) is 0 Å². The third kappa shape index (κ3) is 1.89. The lowest BCUT2D eigenvalue weighted by Gasteiger charge is -1.97. The molecule has 66 valence electrons. The maximum absolute atomic E-state index is 10.7. The molecule has 0 bridgehead atoms. The second-order valence-electron chi connectivity index (χ2n) is 2.20. The highest BCUT2D eigenvalue weighted by molar-refractivity contribution is 8.13. The van der Waals surface area contributed by atoms with Crippen LogP contribution in [0.1, 0.15) is 11.4 Å². The van der Waals surface area contributed by atoms with E-state index in [0.717, 1.165) is 0 Å². The normalized spacial score (nSPS) is 11.6. The highest BCUT2D eigenvalue weighted by Gasteiger charge is 2.15. The molecule has 1 aromatic heterocycles. The van der Waals surface area contributed by atoms with Crippen molar-refractivity contribution in [2.24, 2.45) is 0 Å². The summed E-state index contributed by atoms with van der Waals surface area (Å²) in [7, 11) is 1.14. The summed E-state index contributed by atoms with van der Waals surface area (Å²) in [5.74, 6) is 0. The summed E-state index contributed by atoms with van der Waals surface area (Å²) in [6, 6.07) is 0. The first-order chi connectivity index (χ1) is 5.41. The van der Waals surface area contributed by atoms with E-state index in [2.05, 4.69) is 15.2 Å². The third-order valence-corrected chi connectivity index (χ3v) is 2.31. The molecule has 0 amide bonds. The van der Waals surface area contributed by atoms with E-state index in [4.69, 9.17) is 10.7 Å². The predicted molar refractivity (Wildman–Crippen MR) is 42.3 cm³/mol. The van der Waals surface area contributed by atoms with Gasteiger partial charge in [-0.15, -0.1) is 5.10 Å². The first kappa shape index (κ1) is 9.34. The summed E-state index contributed by atoms with van der Waals surface area (Å²) in [4.78, 5) is 3.65. The number of aromatic nitrogens is 3. The predicted octanol–water partition coefficient (Wildman–Crippen LogP) is 0.416. The molecule has 0 aliphatic rings. The summed E-state index contributed by atoms with van der Waals surface area (Å²) in [5, 5.41) is 6.45. The molecular weight excluding hydrogens is 202 g/mol. The van der Waals surface area contributed by atoms with Crippen molar-refractivity contribution >= 4 is 19.7 Å². The smallest absolute Gasteiger partial charge is 0.219 e. The summed E-state index contributed by atoms with van der Waals surface area (Å²) in [6.45, 7) is 3.32. The molecule has 0 aliphatic carbocycles. The van der Waals surface area contributed by atoms with Crippen molar-refractivity contribution in [2.45, 2.75) is 19.0 Å². The van der Waals surface area contributed by atoms with Gasteiger partial charge < -0.3 is 0 Å². The highest BCUT2D eigenvalue weighted by Crippen LogP contribution is 2.08. The Labute approximate surface area is 74.2 Å². The first-order valence-corrected chi connectivity index (χ1v) is 5.35. The number of hydrogen-bond donors (Lipinski definition) is 0. The van der Waals surface area contributed by atoms with Crippen molar-refractivity contribution in [3.8, 4) is 0 Å². The maximum Gasteiger partial charge on any atom is 0.298 e. The zero-order chi connectivity index (χ0) is 9.35. The summed E-state index contributed by atoms with van der Waals surface area (Å²) < 4.78 is 21.4. The van der Waals surface area contributed by atoms with Gasteiger partial charge in [-0.2, -0.15) is 5.10 Å². The number of rotatable bonds is 1. The van der Waals surface area contributed by atoms with Crippen molar-refractivity contribution in [3.05, 3.63) is 11.4 Å². The van der Waals surface area contributed by atoms with Gasteiger partial charge in [-0.3, -0.25) is 0 Å². The van der Waals surface area contributed by atoms with E-state index >= 15 is 0 Å². The van der Waals surface area contributed by atoms with Crippen LogP contribution in [-0.2, 0) is 9.05 Å². The van der Waals surface area contributed by atoms with Gasteiger partial charge in [0.1, 0.15) is 0 Å². The lowest BCUT2D eigenvalue weighted by atomic mass is 10.4. The minimum Gasteiger partial charge on any atom is -0.219 e. The first-order valence-electron chi connectivity index (χ1n) is 3.04. The van der Waals surface area contributed by atoms with E-state index in [1.165, 1.54) is 0 Å². The summed E-state index contributed by atoms with van der Waals surface area (Å²) in [6.07, 6.45) is 0. The number of hydrogen-bond acceptors (Lipinski definition) is 5. The van der Waals surface area contributed by atoms with Crippen LogP contribution in [-0.4, -0.2) is 23.6 Å². The molecule has 1 heterocycles. The SMILES string of the molecule is Cc1nnc(S(=O)(=O)Cl)nc1C. The minimum absolute atomic E-state index is 0.452. The molecule has 0 aromatic carbocycles. The fourth-order valence-corrected chi connectivity index (χ4v) is 1.12. The second-order valence-corrected chi connectivity index (χ2v) is 4.66. The molecule has 12 heavy (non-hydrogen) atoms. The lowest BCUT2D eigenvalue weighted by Crippen LogP contribution is -2.04. The third-order valence-electron chi connectivity index (χ3n) is 1.29. The van der Waals surface area contributed by atoms with Gasteiger partial charge in [-0.1, -0.05) is 0 Å². The Hall–Kier alpha value is -0.750. The van der Waals surface area contributed by atoms with Gasteiger partial charge in [0, 0.05) is 10.7 Å². The Morgan fingerprint density at radius 3 is 2.17 bits per heavy atom. The van der Waals surface area contributed by atoms with E-state index in [0.29, 0.717) is 11.4 Å². The molecular formula is C5H6ClN3O2S. The average Bonchev–Trinajstić information content (AvgIpc) is 1.92. The molecule has 0 N–H and O–H groups in total. The van der Waals surface area contributed by atoms with Gasteiger partial charge >= 0.3 is 0 Å². The van der Waals surface area contributed by atoms with Crippen LogP contribution in [0, 0.1) is 13.8 Å². The van der Waals surface area contributed by atoms with Crippen LogP contribution < -0.4 is 0 Å². The molecule has 0 radical (unpaired) electrons. The summed E-state index contributed by atoms with van der Waals surface area (Å²) >= 11 is 0. The largest absolute Gasteiger partial charge is 0.298 e. The Balaban J connectivity index is 3.33. The topological polar surface area (TPSA) is 72.8 Å². The fourth-order valence-electron chi connectivity index (χ4n) is 0.540. The Kier molecular flexibility index (Phi) is 2.29. The minimum atomic E-state index is -3.85.